The van der Waals surface area contributed by atoms with Gasteiger partial charge < -0.3 is 4.74 Å². The van der Waals surface area contributed by atoms with Crippen LogP contribution in [0.25, 0.3) is 0 Å². The van der Waals surface area contributed by atoms with Crippen LogP contribution >= 0.6 is 0 Å². The van der Waals surface area contributed by atoms with Crippen LogP contribution in [0.2, 0.25) is 0 Å². The number of hydrogen-bond acceptors (Lipinski definition) is 4. The smallest absolute Gasteiger partial charge is 0.265 e. The molecule has 0 aliphatic heterocycles. The van der Waals surface area contributed by atoms with Crippen LogP contribution in [-0.2, 0) is 6.54 Å². The zero-order valence-electron chi connectivity index (χ0n) is 11.9. The Bertz CT molecular complexity index is 774. The lowest BCUT2D eigenvalue weighted by molar-refractivity contribution is 0.101. The molecule has 21 heavy (non-hydrogen) atoms. The molecule has 2 aromatic rings. The third-order valence-electron chi connectivity index (χ3n) is 2.98. The van der Waals surface area contributed by atoms with Gasteiger partial charge in [-0.25, -0.2) is 4.68 Å². The predicted octanol–water partition coefficient (Wildman–Crippen LogP) is 1.19. The van der Waals surface area contributed by atoms with Crippen LogP contribution in [0.1, 0.15) is 29.8 Å². The van der Waals surface area contributed by atoms with Crippen molar-refractivity contribution >= 4 is 5.78 Å². The highest BCUT2D eigenvalue weighted by Crippen LogP contribution is 2.21. The van der Waals surface area contributed by atoms with Gasteiger partial charge in [0.1, 0.15) is 5.75 Å². The molecule has 0 aliphatic rings. The normalized spacial score (nSPS) is 10.4. The van der Waals surface area contributed by atoms with Crippen molar-refractivity contribution in [3.8, 4) is 5.75 Å². The van der Waals surface area contributed by atoms with Crippen LogP contribution < -0.4 is 15.9 Å². The molecule has 0 atom stereocenters. The summed E-state index contributed by atoms with van der Waals surface area (Å²) in [7, 11) is 0. The van der Waals surface area contributed by atoms with Crippen molar-refractivity contribution in [1.29, 1.82) is 0 Å². The number of nitrogens with zero attached hydrogens (tertiary/aromatic N) is 1. The van der Waals surface area contributed by atoms with Crippen molar-refractivity contribution in [3.63, 3.8) is 0 Å². The molecule has 0 saturated carbocycles. The van der Waals surface area contributed by atoms with Gasteiger partial charge in [0.05, 0.1) is 13.2 Å². The van der Waals surface area contributed by atoms with Crippen molar-refractivity contribution in [2.24, 2.45) is 0 Å². The molecular weight excluding hydrogens is 272 g/mol. The fourth-order valence-corrected chi connectivity index (χ4v) is 1.97. The molecule has 0 saturated heterocycles. The fraction of sp³-hybridized carbons (Fsp3) is 0.267. The van der Waals surface area contributed by atoms with Crippen molar-refractivity contribution in [2.45, 2.75) is 20.4 Å². The molecule has 0 radical (unpaired) electrons. The van der Waals surface area contributed by atoms with Gasteiger partial charge in [0.15, 0.2) is 5.78 Å². The minimum atomic E-state index is -0.365. The third-order valence-corrected chi connectivity index (χ3v) is 2.98. The van der Waals surface area contributed by atoms with E-state index < -0.39 is 0 Å². The van der Waals surface area contributed by atoms with E-state index in [0.717, 1.165) is 0 Å². The monoisotopic (exact) mass is 288 g/mol. The lowest BCUT2D eigenvalue weighted by Crippen LogP contribution is -2.28. The molecule has 2 rings (SSSR count). The van der Waals surface area contributed by atoms with Gasteiger partial charge in [0, 0.05) is 23.3 Å². The van der Waals surface area contributed by atoms with Crippen molar-refractivity contribution in [2.75, 3.05) is 6.61 Å². The summed E-state index contributed by atoms with van der Waals surface area (Å²) >= 11 is 0. The van der Waals surface area contributed by atoms with Crippen LogP contribution in [0.5, 0.6) is 5.75 Å². The summed E-state index contributed by atoms with van der Waals surface area (Å²) in [5.41, 5.74) is 0.494. The molecule has 0 fully saturated rings. The molecule has 0 spiro atoms. The van der Waals surface area contributed by atoms with E-state index >= 15 is 0 Å². The standard InChI is InChI=1S/C15H16N2O4/c1-3-21-13-5-4-11(10(2)18)8-12(13)9-17-15(20)7-6-14(19)16-17/h4-8H,3,9H2,1-2H3,(H,16,19). The number of benzene rings is 1. The lowest BCUT2D eigenvalue weighted by Gasteiger charge is -2.12. The molecule has 0 bridgehead atoms. The maximum atomic E-state index is 11.7. The summed E-state index contributed by atoms with van der Waals surface area (Å²) in [5, 5.41) is 2.45. The van der Waals surface area contributed by atoms with E-state index in [-0.39, 0.29) is 23.4 Å². The molecular formula is C15H16N2O4. The molecule has 0 aliphatic carbocycles. The number of aromatic nitrogens is 2. The van der Waals surface area contributed by atoms with Gasteiger partial charge in [-0.1, -0.05) is 0 Å². The summed E-state index contributed by atoms with van der Waals surface area (Å²) in [6, 6.07) is 7.42. The zero-order valence-corrected chi connectivity index (χ0v) is 11.9. The van der Waals surface area contributed by atoms with Gasteiger partial charge >= 0.3 is 0 Å². The summed E-state index contributed by atoms with van der Waals surface area (Å²) in [6.45, 7) is 3.91. The molecule has 1 heterocycles. The predicted molar refractivity (Wildman–Crippen MR) is 78.0 cm³/mol. The first-order chi connectivity index (χ1) is 10.0. The number of hydrogen-bond donors (Lipinski definition) is 1. The summed E-state index contributed by atoms with van der Waals surface area (Å²) < 4.78 is 6.68. The molecule has 1 N–H and O–H groups in total. The maximum absolute atomic E-state index is 11.7. The number of rotatable bonds is 5. The Hall–Kier alpha value is -2.63. The average molecular weight is 288 g/mol. The number of Topliss-reactive ketones (excluding diaryl/α,β-unsaturated/α-hetero) is 1. The SMILES string of the molecule is CCOc1ccc(C(C)=O)cc1Cn1[nH]c(=O)ccc1=O. The molecule has 110 valence electrons. The number of carbonyl (C=O) groups excluding carboxylic acids is 1. The molecule has 1 aromatic carbocycles. The number of ether oxygens (including phenoxy) is 1. The molecule has 6 nitrogen and oxygen atoms in total. The van der Waals surface area contributed by atoms with Gasteiger partial charge in [0.2, 0.25) is 0 Å². The van der Waals surface area contributed by atoms with Crippen molar-refractivity contribution < 1.29 is 9.53 Å². The van der Waals surface area contributed by atoms with Crippen LogP contribution in [0.4, 0.5) is 0 Å². The van der Waals surface area contributed by atoms with E-state index in [9.17, 15) is 14.4 Å². The first-order valence-corrected chi connectivity index (χ1v) is 6.58. The quantitative estimate of drug-likeness (QED) is 0.838. The second kappa shape index (κ2) is 6.21. The number of H-pyrrole nitrogens is 1. The van der Waals surface area contributed by atoms with Crippen LogP contribution in [-0.4, -0.2) is 22.2 Å². The Morgan fingerprint density at radius 1 is 1.24 bits per heavy atom. The number of nitrogens with one attached hydrogen (secondary N) is 1. The van der Waals surface area contributed by atoms with Crippen molar-refractivity contribution in [1.82, 2.24) is 9.78 Å². The number of carbonyl (C=O) groups is 1. The average Bonchev–Trinajstić information content (AvgIpc) is 2.44. The highest BCUT2D eigenvalue weighted by molar-refractivity contribution is 5.94. The Morgan fingerprint density at radius 3 is 2.67 bits per heavy atom. The zero-order chi connectivity index (χ0) is 15.4. The van der Waals surface area contributed by atoms with Crippen LogP contribution in [0, 0.1) is 0 Å². The van der Waals surface area contributed by atoms with E-state index in [1.165, 1.54) is 23.7 Å². The Morgan fingerprint density at radius 2 is 2.00 bits per heavy atom. The minimum Gasteiger partial charge on any atom is -0.494 e. The largest absolute Gasteiger partial charge is 0.494 e. The van der Waals surface area contributed by atoms with Crippen LogP contribution in [0.15, 0.2) is 39.9 Å². The van der Waals surface area contributed by atoms with Crippen molar-refractivity contribution in [3.05, 3.63) is 62.2 Å². The highest BCUT2D eigenvalue weighted by Gasteiger charge is 2.09. The molecule has 6 heteroatoms. The minimum absolute atomic E-state index is 0.0757. The number of aromatic amines is 1. The Kier molecular flexibility index (Phi) is 4.37. The Labute approximate surface area is 121 Å². The summed E-state index contributed by atoms with van der Waals surface area (Å²) in [4.78, 5) is 34.5. The number of ketones is 1. The maximum Gasteiger partial charge on any atom is 0.265 e. The third kappa shape index (κ3) is 3.47. The first-order valence-electron chi connectivity index (χ1n) is 6.58. The van der Waals surface area contributed by atoms with Gasteiger partial charge in [-0.05, 0) is 32.0 Å². The first kappa shape index (κ1) is 14.8. The Balaban J connectivity index is 2.47. The molecule has 0 amide bonds. The molecule has 1 aromatic heterocycles. The van der Waals surface area contributed by atoms with E-state index in [4.69, 9.17) is 4.74 Å². The molecule has 0 unspecified atom stereocenters. The van der Waals surface area contributed by atoms with E-state index in [1.54, 1.807) is 18.2 Å². The fourth-order valence-electron chi connectivity index (χ4n) is 1.97. The van der Waals surface area contributed by atoms with E-state index in [0.29, 0.717) is 23.5 Å². The second-order valence-corrected chi connectivity index (χ2v) is 4.55. The van der Waals surface area contributed by atoms with E-state index in [2.05, 4.69) is 5.10 Å². The van der Waals surface area contributed by atoms with Gasteiger partial charge in [-0.15, -0.1) is 0 Å². The van der Waals surface area contributed by atoms with Crippen LogP contribution in [0.3, 0.4) is 0 Å². The second-order valence-electron chi connectivity index (χ2n) is 4.55. The van der Waals surface area contributed by atoms with Gasteiger partial charge in [-0.3, -0.25) is 19.5 Å². The topological polar surface area (TPSA) is 81.2 Å². The van der Waals surface area contributed by atoms with Gasteiger partial charge in [-0.2, -0.15) is 0 Å². The summed E-state index contributed by atoms with van der Waals surface area (Å²) in [5.74, 6) is 0.507. The highest BCUT2D eigenvalue weighted by atomic mass is 16.5. The van der Waals surface area contributed by atoms with Gasteiger partial charge in [0.25, 0.3) is 11.1 Å². The summed E-state index contributed by atoms with van der Waals surface area (Å²) in [6.07, 6.45) is 0. The van der Waals surface area contributed by atoms with E-state index in [1.807, 2.05) is 6.92 Å². The lowest BCUT2D eigenvalue weighted by atomic mass is 10.1.